The van der Waals surface area contributed by atoms with Crippen molar-refractivity contribution >= 4 is 21.4 Å². The molecule has 2 nitrogen and oxygen atoms in total. The van der Waals surface area contributed by atoms with E-state index >= 15 is 0 Å². The first kappa shape index (κ1) is 14.6. The van der Waals surface area contributed by atoms with Gasteiger partial charge in [0.15, 0.2) is 0 Å². The van der Waals surface area contributed by atoms with Crippen LogP contribution in [0.5, 0.6) is 0 Å². The second-order valence-corrected chi connectivity index (χ2v) is 7.04. The minimum Gasteiger partial charge on any atom is -0.387 e. The summed E-state index contributed by atoms with van der Waals surface area (Å²) in [6.45, 7) is 0. The highest BCUT2D eigenvalue weighted by Crippen LogP contribution is 2.46. The molecule has 110 valence electrons. The van der Waals surface area contributed by atoms with Crippen molar-refractivity contribution in [2.24, 2.45) is 5.41 Å². The van der Waals surface area contributed by atoms with Gasteiger partial charge in [0.1, 0.15) is 0 Å². The van der Waals surface area contributed by atoms with Gasteiger partial charge in [-0.2, -0.15) is 5.26 Å². The lowest BCUT2D eigenvalue weighted by atomic mass is 9.71. The van der Waals surface area contributed by atoms with Crippen LogP contribution in [-0.4, -0.2) is 5.11 Å². The molecule has 1 fully saturated rings. The maximum absolute atomic E-state index is 11.0. The molecule has 0 bridgehead atoms. The maximum Gasteiger partial charge on any atom is 0.0990 e. The van der Waals surface area contributed by atoms with E-state index in [0.717, 1.165) is 36.6 Å². The van der Waals surface area contributed by atoms with Gasteiger partial charge in [-0.25, -0.2) is 0 Å². The molecule has 0 amide bonds. The fraction of sp³-hybridized carbons (Fsp3) is 0.500. The van der Waals surface area contributed by atoms with E-state index in [1.165, 1.54) is 24.0 Å². The quantitative estimate of drug-likeness (QED) is 0.829. The first-order valence-electron chi connectivity index (χ1n) is 7.82. The molecular weight excluding hydrogens is 278 g/mol. The van der Waals surface area contributed by atoms with Crippen molar-refractivity contribution in [3.8, 4) is 6.07 Å². The molecule has 1 unspecified atom stereocenters. The van der Waals surface area contributed by atoms with Gasteiger partial charge in [0.05, 0.1) is 17.6 Å². The Labute approximate surface area is 130 Å². The lowest BCUT2D eigenvalue weighted by molar-refractivity contribution is 0.0448. The highest BCUT2D eigenvalue weighted by molar-refractivity contribution is 7.17. The van der Waals surface area contributed by atoms with Crippen LogP contribution in [0.15, 0.2) is 29.6 Å². The molecule has 1 saturated carbocycles. The lowest BCUT2D eigenvalue weighted by Gasteiger charge is -2.33. The number of benzene rings is 1. The lowest BCUT2D eigenvalue weighted by Crippen LogP contribution is -2.28. The second-order valence-electron chi connectivity index (χ2n) is 6.13. The third kappa shape index (κ3) is 2.71. The molecule has 0 aliphatic heterocycles. The van der Waals surface area contributed by atoms with E-state index in [1.807, 2.05) is 17.5 Å². The largest absolute Gasteiger partial charge is 0.387 e. The third-order valence-electron chi connectivity index (χ3n) is 4.80. The topological polar surface area (TPSA) is 44.0 Å². The zero-order valence-corrected chi connectivity index (χ0v) is 13.0. The number of hydrogen-bond acceptors (Lipinski definition) is 3. The number of aliphatic hydroxyl groups is 1. The molecular formula is C18H21NOS. The van der Waals surface area contributed by atoms with E-state index in [9.17, 15) is 10.4 Å². The normalized spacial score (nSPS) is 20.4. The van der Waals surface area contributed by atoms with Gasteiger partial charge in [0.2, 0.25) is 0 Å². The number of aliphatic hydroxyl groups excluding tert-OH is 1. The maximum atomic E-state index is 11.0. The predicted octanol–water partition coefficient (Wildman–Crippen LogP) is 5.19. The van der Waals surface area contributed by atoms with Gasteiger partial charge in [-0.15, -0.1) is 11.3 Å². The smallest absolute Gasteiger partial charge is 0.0990 e. The van der Waals surface area contributed by atoms with Crippen LogP contribution < -0.4 is 0 Å². The molecule has 1 aromatic carbocycles. The molecule has 0 saturated heterocycles. The molecule has 1 heterocycles. The Balaban J connectivity index is 1.97. The van der Waals surface area contributed by atoms with Crippen molar-refractivity contribution < 1.29 is 5.11 Å². The Kier molecular flexibility index (Phi) is 4.28. The molecule has 0 spiro atoms. The number of hydrogen-bond donors (Lipinski definition) is 1. The summed E-state index contributed by atoms with van der Waals surface area (Å²) in [5.41, 5.74) is 0.335. The van der Waals surface area contributed by atoms with E-state index in [1.54, 1.807) is 11.3 Å². The van der Waals surface area contributed by atoms with Crippen LogP contribution in [0.2, 0.25) is 0 Å². The van der Waals surface area contributed by atoms with Gasteiger partial charge in [-0.05, 0) is 29.7 Å². The van der Waals surface area contributed by atoms with Crippen LogP contribution in [-0.2, 0) is 0 Å². The van der Waals surface area contributed by atoms with Crippen LogP contribution in [0.25, 0.3) is 10.1 Å². The number of thiophene rings is 1. The first-order valence-corrected chi connectivity index (χ1v) is 8.70. The zero-order valence-electron chi connectivity index (χ0n) is 12.2. The van der Waals surface area contributed by atoms with Crippen molar-refractivity contribution in [2.75, 3.05) is 0 Å². The molecule has 3 rings (SSSR count). The molecule has 1 aliphatic carbocycles. The Morgan fingerprint density at radius 1 is 1.10 bits per heavy atom. The standard InChI is InChI=1S/C18H21NOS/c19-13-18(10-6-2-1-3-7-11-18)17(20)15-12-21-16-9-5-4-8-14(15)16/h4-5,8-9,12,17,20H,1-3,6-7,10-11H2. The predicted molar refractivity (Wildman–Crippen MR) is 87.1 cm³/mol. The summed E-state index contributed by atoms with van der Waals surface area (Å²) in [5, 5.41) is 23.9. The minimum atomic E-state index is -0.670. The summed E-state index contributed by atoms with van der Waals surface area (Å²) in [6.07, 6.45) is 6.68. The van der Waals surface area contributed by atoms with Crippen molar-refractivity contribution in [2.45, 2.75) is 51.0 Å². The number of nitrogens with zero attached hydrogens (tertiary/aromatic N) is 1. The van der Waals surface area contributed by atoms with Crippen molar-refractivity contribution in [1.82, 2.24) is 0 Å². The van der Waals surface area contributed by atoms with E-state index < -0.39 is 11.5 Å². The third-order valence-corrected chi connectivity index (χ3v) is 5.78. The van der Waals surface area contributed by atoms with Crippen molar-refractivity contribution in [1.29, 1.82) is 5.26 Å². The highest BCUT2D eigenvalue weighted by Gasteiger charge is 2.39. The summed E-state index contributed by atoms with van der Waals surface area (Å²) in [5.74, 6) is 0. The Hall–Kier alpha value is -1.37. The number of nitriles is 1. The number of rotatable bonds is 2. The van der Waals surface area contributed by atoms with E-state index in [4.69, 9.17) is 0 Å². The number of fused-ring (bicyclic) bond motifs is 1. The van der Waals surface area contributed by atoms with E-state index in [0.29, 0.717) is 0 Å². The first-order chi connectivity index (χ1) is 10.3. The van der Waals surface area contributed by atoms with Gasteiger partial charge in [0.25, 0.3) is 0 Å². The molecule has 21 heavy (non-hydrogen) atoms. The van der Waals surface area contributed by atoms with Gasteiger partial charge in [-0.1, -0.05) is 50.3 Å². The molecule has 1 atom stereocenters. The molecule has 1 aromatic heterocycles. The molecule has 1 aliphatic rings. The van der Waals surface area contributed by atoms with Gasteiger partial charge in [0, 0.05) is 10.3 Å². The van der Waals surface area contributed by atoms with Crippen LogP contribution in [0.4, 0.5) is 0 Å². The average molecular weight is 299 g/mol. The summed E-state index contributed by atoms with van der Waals surface area (Å²) in [4.78, 5) is 0. The monoisotopic (exact) mass is 299 g/mol. The Morgan fingerprint density at radius 2 is 1.76 bits per heavy atom. The molecule has 2 aromatic rings. The van der Waals surface area contributed by atoms with E-state index in [-0.39, 0.29) is 0 Å². The van der Waals surface area contributed by atoms with Gasteiger partial charge in [-0.3, -0.25) is 0 Å². The summed E-state index contributed by atoms with van der Waals surface area (Å²) in [6, 6.07) is 10.6. The van der Waals surface area contributed by atoms with Gasteiger partial charge >= 0.3 is 0 Å². The average Bonchev–Trinajstić information content (AvgIpc) is 2.91. The van der Waals surface area contributed by atoms with Crippen molar-refractivity contribution in [3.63, 3.8) is 0 Å². The second kappa shape index (κ2) is 6.17. The van der Waals surface area contributed by atoms with Crippen LogP contribution >= 0.6 is 11.3 Å². The van der Waals surface area contributed by atoms with E-state index in [2.05, 4.69) is 18.2 Å². The summed E-state index contributed by atoms with van der Waals surface area (Å²) in [7, 11) is 0. The highest BCUT2D eigenvalue weighted by atomic mass is 32.1. The zero-order chi connectivity index (χ0) is 14.7. The fourth-order valence-electron chi connectivity index (χ4n) is 3.49. The van der Waals surface area contributed by atoms with Crippen LogP contribution in [0, 0.1) is 16.7 Å². The molecule has 1 N–H and O–H groups in total. The Bertz CT molecular complexity index is 647. The van der Waals surface area contributed by atoms with Crippen LogP contribution in [0.3, 0.4) is 0 Å². The minimum absolute atomic E-state index is 0.607. The Morgan fingerprint density at radius 3 is 2.48 bits per heavy atom. The molecule has 3 heteroatoms. The SMILES string of the molecule is N#CC1(C(O)c2csc3ccccc23)CCCCCCC1. The molecule has 0 radical (unpaired) electrons. The fourth-order valence-corrected chi connectivity index (χ4v) is 4.47. The van der Waals surface area contributed by atoms with Crippen molar-refractivity contribution in [3.05, 3.63) is 35.2 Å². The summed E-state index contributed by atoms with van der Waals surface area (Å²) >= 11 is 1.66. The van der Waals surface area contributed by atoms with Gasteiger partial charge < -0.3 is 5.11 Å². The summed E-state index contributed by atoms with van der Waals surface area (Å²) < 4.78 is 1.19. The van der Waals surface area contributed by atoms with Crippen LogP contribution in [0.1, 0.15) is 56.6 Å².